The minimum Gasteiger partial charge on any atom is -0.369 e. The molecule has 0 aliphatic rings. The highest BCUT2D eigenvalue weighted by molar-refractivity contribution is 9.10. The number of para-hydroxylation sites is 1. The van der Waals surface area contributed by atoms with Crippen molar-refractivity contribution in [3.63, 3.8) is 0 Å². The van der Waals surface area contributed by atoms with Gasteiger partial charge in [-0.25, -0.2) is 4.98 Å². The molecule has 0 amide bonds. The standard InChI is InChI=1S/C18H15BrN4S/c19-12-5-6-14-16(9-12)22-18(24)23-17(14)20-8-7-11-10-21-15-4-2-1-3-13(11)15/h1-6,9-10,21H,7-8H2,(H2,20,22,23,24). The zero-order chi connectivity index (χ0) is 16.5. The normalized spacial score (nSPS) is 11.2. The van der Waals surface area contributed by atoms with E-state index in [0.29, 0.717) is 4.77 Å². The summed E-state index contributed by atoms with van der Waals surface area (Å²) in [5.74, 6) is 0.820. The molecule has 2 aromatic heterocycles. The van der Waals surface area contributed by atoms with Crippen LogP contribution in [0.15, 0.2) is 53.1 Å². The second-order valence-corrected chi connectivity index (χ2v) is 6.92. The molecule has 0 saturated carbocycles. The van der Waals surface area contributed by atoms with Crippen LogP contribution in [0.2, 0.25) is 0 Å². The molecule has 0 atom stereocenters. The molecule has 4 nitrogen and oxygen atoms in total. The van der Waals surface area contributed by atoms with Gasteiger partial charge in [-0.05, 0) is 48.5 Å². The molecule has 2 heterocycles. The molecule has 0 aliphatic heterocycles. The van der Waals surface area contributed by atoms with Crippen LogP contribution in [0.1, 0.15) is 5.56 Å². The quantitative estimate of drug-likeness (QED) is 0.414. The first-order valence-corrected chi connectivity index (χ1v) is 8.89. The van der Waals surface area contributed by atoms with Gasteiger partial charge >= 0.3 is 0 Å². The topological polar surface area (TPSA) is 56.5 Å². The molecule has 0 spiro atoms. The molecule has 0 unspecified atom stereocenters. The van der Waals surface area contributed by atoms with Crippen molar-refractivity contribution in [1.82, 2.24) is 15.0 Å². The van der Waals surface area contributed by atoms with Crippen LogP contribution < -0.4 is 5.32 Å². The van der Waals surface area contributed by atoms with Crippen LogP contribution in [-0.2, 0) is 6.42 Å². The third-order valence-electron chi connectivity index (χ3n) is 4.05. The number of fused-ring (bicyclic) bond motifs is 2. The second-order valence-electron chi connectivity index (χ2n) is 5.62. The van der Waals surface area contributed by atoms with Crippen molar-refractivity contribution in [3.05, 3.63) is 63.5 Å². The summed E-state index contributed by atoms with van der Waals surface area (Å²) < 4.78 is 1.49. The van der Waals surface area contributed by atoms with Gasteiger partial charge in [-0.1, -0.05) is 34.1 Å². The molecule has 0 radical (unpaired) electrons. The van der Waals surface area contributed by atoms with E-state index in [2.05, 4.69) is 60.6 Å². The van der Waals surface area contributed by atoms with Gasteiger partial charge in [-0.15, -0.1) is 0 Å². The molecule has 120 valence electrons. The number of rotatable bonds is 4. The Hall–Kier alpha value is -2.18. The lowest BCUT2D eigenvalue weighted by atomic mass is 10.1. The molecule has 4 aromatic rings. The zero-order valence-corrected chi connectivity index (χ0v) is 15.2. The molecular weight excluding hydrogens is 384 g/mol. The molecule has 24 heavy (non-hydrogen) atoms. The Kier molecular flexibility index (Phi) is 4.08. The lowest BCUT2D eigenvalue weighted by Crippen LogP contribution is -2.07. The van der Waals surface area contributed by atoms with Gasteiger partial charge in [0.1, 0.15) is 5.82 Å². The maximum atomic E-state index is 5.24. The van der Waals surface area contributed by atoms with Gasteiger partial charge in [0.2, 0.25) is 0 Å². The van der Waals surface area contributed by atoms with E-state index in [4.69, 9.17) is 12.2 Å². The largest absolute Gasteiger partial charge is 0.369 e. The van der Waals surface area contributed by atoms with Crippen LogP contribution in [-0.4, -0.2) is 21.5 Å². The molecule has 3 N–H and O–H groups in total. The summed E-state index contributed by atoms with van der Waals surface area (Å²) >= 11 is 8.72. The number of nitrogens with zero attached hydrogens (tertiary/aromatic N) is 1. The van der Waals surface area contributed by atoms with Crippen molar-refractivity contribution in [3.8, 4) is 0 Å². The van der Waals surface area contributed by atoms with Crippen LogP contribution in [0.25, 0.3) is 21.8 Å². The van der Waals surface area contributed by atoms with Crippen LogP contribution >= 0.6 is 28.1 Å². The smallest absolute Gasteiger partial charge is 0.199 e. The summed E-state index contributed by atoms with van der Waals surface area (Å²) in [6.07, 6.45) is 2.99. The highest BCUT2D eigenvalue weighted by Crippen LogP contribution is 2.23. The number of hydrogen-bond donors (Lipinski definition) is 3. The molecule has 0 bridgehead atoms. The summed E-state index contributed by atoms with van der Waals surface area (Å²) in [5, 5.41) is 5.73. The lowest BCUT2D eigenvalue weighted by Gasteiger charge is -2.09. The Morgan fingerprint density at radius 2 is 1.96 bits per heavy atom. The van der Waals surface area contributed by atoms with E-state index in [1.54, 1.807) is 0 Å². The van der Waals surface area contributed by atoms with Crippen molar-refractivity contribution >= 4 is 55.8 Å². The van der Waals surface area contributed by atoms with Gasteiger partial charge in [-0.3, -0.25) is 0 Å². The Bertz CT molecular complexity index is 1080. The third kappa shape index (κ3) is 2.95. The fourth-order valence-corrected chi connectivity index (χ4v) is 3.48. The van der Waals surface area contributed by atoms with E-state index in [0.717, 1.165) is 34.2 Å². The van der Waals surface area contributed by atoms with Crippen LogP contribution in [0, 0.1) is 4.77 Å². The predicted octanol–water partition coefficient (Wildman–Crippen LogP) is 5.19. The summed E-state index contributed by atoms with van der Waals surface area (Å²) in [6, 6.07) is 14.4. The van der Waals surface area contributed by atoms with Gasteiger partial charge in [0, 0.05) is 33.5 Å². The van der Waals surface area contributed by atoms with Crippen molar-refractivity contribution in [2.75, 3.05) is 11.9 Å². The second kappa shape index (κ2) is 6.37. The maximum absolute atomic E-state index is 5.24. The van der Waals surface area contributed by atoms with E-state index in [-0.39, 0.29) is 0 Å². The highest BCUT2D eigenvalue weighted by atomic mass is 79.9. The zero-order valence-electron chi connectivity index (χ0n) is 12.8. The summed E-state index contributed by atoms with van der Waals surface area (Å²) in [5.41, 5.74) is 3.44. The minimum atomic E-state index is 0.482. The van der Waals surface area contributed by atoms with Crippen LogP contribution in [0.3, 0.4) is 0 Å². The molecule has 4 rings (SSSR count). The maximum Gasteiger partial charge on any atom is 0.199 e. The third-order valence-corrected chi connectivity index (χ3v) is 4.74. The fraction of sp³-hybridized carbons (Fsp3) is 0.111. The number of anilines is 1. The first-order chi connectivity index (χ1) is 11.7. The SMILES string of the molecule is S=c1nc(NCCc2c[nH]c3ccccc23)c2ccc(Br)cc2[nH]1. The molecule has 0 fully saturated rings. The summed E-state index contributed by atoms with van der Waals surface area (Å²) in [7, 11) is 0. The van der Waals surface area contributed by atoms with E-state index in [1.165, 1.54) is 16.5 Å². The monoisotopic (exact) mass is 398 g/mol. The van der Waals surface area contributed by atoms with Gasteiger partial charge in [0.25, 0.3) is 0 Å². The Morgan fingerprint density at radius 3 is 2.88 bits per heavy atom. The van der Waals surface area contributed by atoms with Crippen molar-refractivity contribution in [2.45, 2.75) is 6.42 Å². The minimum absolute atomic E-state index is 0.482. The Morgan fingerprint density at radius 1 is 1.08 bits per heavy atom. The Balaban J connectivity index is 1.58. The van der Waals surface area contributed by atoms with Gasteiger partial charge in [0.05, 0.1) is 5.52 Å². The average Bonchev–Trinajstić information content (AvgIpc) is 2.97. The fourth-order valence-electron chi connectivity index (χ4n) is 2.92. The molecule has 0 saturated heterocycles. The van der Waals surface area contributed by atoms with Crippen molar-refractivity contribution < 1.29 is 0 Å². The molecule has 6 heteroatoms. The molecular formula is C18H15BrN4S. The number of aromatic amines is 2. The number of aromatic nitrogens is 3. The predicted molar refractivity (Wildman–Crippen MR) is 105 cm³/mol. The molecule has 2 aromatic carbocycles. The first-order valence-electron chi connectivity index (χ1n) is 7.69. The number of hydrogen-bond acceptors (Lipinski definition) is 3. The molecule has 0 aliphatic carbocycles. The van der Waals surface area contributed by atoms with Gasteiger partial charge in [-0.2, -0.15) is 0 Å². The van der Waals surface area contributed by atoms with E-state index in [9.17, 15) is 0 Å². The van der Waals surface area contributed by atoms with E-state index >= 15 is 0 Å². The van der Waals surface area contributed by atoms with E-state index < -0.39 is 0 Å². The number of halogens is 1. The van der Waals surface area contributed by atoms with Crippen LogP contribution in [0.5, 0.6) is 0 Å². The lowest BCUT2D eigenvalue weighted by molar-refractivity contribution is 1.01. The van der Waals surface area contributed by atoms with Crippen molar-refractivity contribution in [2.24, 2.45) is 0 Å². The summed E-state index contributed by atoms with van der Waals surface area (Å²) in [4.78, 5) is 10.9. The average molecular weight is 399 g/mol. The number of benzene rings is 2. The first kappa shape index (κ1) is 15.4. The highest BCUT2D eigenvalue weighted by Gasteiger charge is 2.06. The Labute approximate surface area is 152 Å². The number of nitrogens with one attached hydrogen (secondary N) is 3. The van der Waals surface area contributed by atoms with Crippen molar-refractivity contribution in [1.29, 1.82) is 0 Å². The van der Waals surface area contributed by atoms with E-state index in [1.807, 2.05) is 24.3 Å². The summed E-state index contributed by atoms with van der Waals surface area (Å²) in [6.45, 7) is 0.790. The van der Waals surface area contributed by atoms with Gasteiger partial charge in [0.15, 0.2) is 4.77 Å². The van der Waals surface area contributed by atoms with Gasteiger partial charge < -0.3 is 15.3 Å². The number of H-pyrrole nitrogens is 2. The van der Waals surface area contributed by atoms with Crippen LogP contribution in [0.4, 0.5) is 5.82 Å².